The van der Waals surface area contributed by atoms with Gasteiger partial charge in [-0.2, -0.15) is 0 Å². The van der Waals surface area contributed by atoms with E-state index in [9.17, 15) is 14.4 Å². The van der Waals surface area contributed by atoms with E-state index in [1.54, 1.807) is 0 Å². The minimum Gasteiger partial charge on any atom is -0.342 e. The molecule has 6 heteroatoms. The Labute approximate surface area is 173 Å². The number of piperazine rings is 1. The summed E-state index contributed by atoms with van der Waals surface area (Å²) in [6.45, 7) is 8.51. The summed E-state index contributed by atoms with van der Waals surface area (Å²) in [5.41, 5.74) is 3.38. The maximum absolute atomic E-state index is 12.5. The molecule has 1 fully saturated rings. The third-order valence-corrected chi connectivity index (χ3v) is 6.19. The molecular formula is C23H33N3O3. The highest BCUT2D eigenvalue weighted by Crippen LogP contribution is 2.23. The molecule has 0 radical (unpaired) electrons. The molecule has 1 heterocycles. The molecule has 0 N–H and O–H groups in total. The van der Waals surface area contributed by atoms with Crippen molar-refractivity contribution in [3.63, 3.8) is 0 Å². The van der Waals surface area contributed by atoms with Crippen molar-refractivity contribution in [1.29, 1.82) is 0 Å². The average Bonchev–Trinajstić information content (AvgIpc) is 3.21. The van der Waals surface area contributed by atoms with Crippen LogP contribution in [0.5, 0.6) is 0 Å². The maximum Gasteiger partial charge on any atom is 0.236 e. The number of Topliss-reactive ketones (excluding diaryl/α,β-unsaturated/α-hetero) is 1. The molecule has 0 aromatic heterocycles. The number of nitrogens with zero attached hydrogens (tertiary/aromatic N) is 3. The number of likely N-dealkylation sites (N-methyl/N-ethyl adjacent to an activating group) is 1. The molecule has 1 aliphatic carbocycles. The van der Waals surface area contributed by atoms with Gasteiger partial charge in [0.1, 0.15) is 0 Å². The minimum absolute atomic E-state index is 0.0363. The van der Waals surface area contributed by atoms with Gasteiger partial charge in [0.25, 0.3) is 0 Å². The van der Waals surface area contributed by atoms with Gasteiger partial charge in [0.15, 0.2) is 5.78 Å². The van der Waals surface area contributed by atoms with Crippen LogP contribution in [0.2, 0.25) is 0 Å². The summed E-state index contributed by atoms with van der Waals surface area (Å²) in [7, 11) is 0. The van der Waals surface area contributed by atoms with Crippen LogP contribution in [0.25, 0.3) is 0 Å². The molecule has 1 saturated heterocycles. The van der Waals surface area contributed by atoms with E-state index < -0.39 is 0 Å². The van der Waals surface area contributed by atoms with Crippen molar-refractivity contribution in [2.24, 2.45) is 0 Å². The summed E-state index contributed by atoms with van der Waals surface area (Å²) in [4.78, 5) is 43.0. The highest BCUT2D eigenvalue weighted by Gasteiger charge is 2.24. The highest BCUT2D eigenvalue weighted by molar-refractivity contribution is 5.98. The first-order valence-electron chi connectivity index (χ1n) is 10.9. The summed E-state index contributed by atoms with van der Waals surface area (Å²) >= 11 is 0. The van der Waals surface area contributed by atoms with E-state index in [-0.39, 0.29) is 30.4 Å². The van der Waals surface area contributed by atoms with Crippen molar-refractivity contribution in [3.05, 3.63) is 34.9 Å². The smallest absolute Gasteiger partial charge is 0.236 e. The topological polar surface area (TPSA) is 60.9 Å². The normalized spacial score (nSPS) is 16.6. The van der Waals surface area contributed by atoms with Gasteiger partial charge < -0.3 is 9.80 Å². The summed E-state index contributed by atoms with van der Waals surface area (Å²) in [6, 6.07) is 5.99. The standard InChI is InChI=1S/C23H33N3O3/c1-3-25(4-2)23(29)17-24-12-14-26(15-13-24)22(28)11-10-21(27)20-9-8-18-6-5-7-19(18)16-20/h8-9,16H,3-7,10-15,17H2,1-2H3. The fraction of sp³-hybridized carbons (Fsp3) is 0.609. The second-order valence-corrected chi connectivity index (χ2v) is 7.98. The van der Waals surface area contributed by atoms with Gasteiger partial charge >= 0.3 is 0 Å². The summed E-state index contributed by atoms with van der Waals surface area (Å²) < 4.78 is 0. The molecule has 3 rings (SSSR count). The lowest BCUT2D eigenvalue weighted by Gasteiger charge is -2.35. The van der Waals surface area contributed by atoms with Gasteiger partial charge in [-0.1, -0.05) is 12.1 Å². The predicted molar refractivity (Wildman–Crippen MR) is 113 cm³/mol. The zero-order chi connectivity index (χ0) is 20.8. The zero-order valence-corrected chi connectivity index (χ0v) is 17.8. The third kappa shape index (κ3) is 5.44. The Morgan fingerprint density at radius 1 is 0.931 bits per heavy atom. The summed E-state index contributed by atoms with van der Waals surface area (Å²) in [6.07, 6.45) is 3.84. The molecule has 1 aromatic rings. The Balaban J connectivity index is 1.42. The van der Waals surface area contributed by atoms with Crippen molar-refractivity contribution < 1.29 is 14.4 Å². The number of carbonyl (C=O) groups excluding carboxylic acids is 3. The van der Waals surface area contributed by atoms with Crippen molar-refractivity contribution in [3.8, 4) is 0 Å². The number of ketones is 1. The van der Waals surface area contributed by atoms with E-state index in [4.69, 9.17) is 0 Å². The molecule has 29 heavy (non-hydrogen) atoms. The van der Waals surface area contributed by atoms with E-state index in [0.717, 1.165) is 37.9 Å². The second-order valence-electron chi connectivity index (χ2n) is 7.98. The molecule has 0 saturated carbocycles. The van der Waals surface area contributed by atoms with Crippen LogP contribution in [-0.4, -0.2) is 78.1 Å². The van der Waals surface area contributed by atoms with E-state index in [2.05, 4.69) is 11.0 Å². The molecule has 158 valence electrons. The number of carbonyl (C=O) groups is 3. The fourth-order valence-corrected chi connectivity index (χ4v) is 4.29. The van der Waals surface area contributed by atoms with Crippen LogP contribution < -0.4 is 0 Å². The van der Waals surface area contributed by atoms with Gasteiger partial charge in [0.05, 0.1) is 6.54 Å². The lowest BCUT2D eigenvalue weighted by Crippen LogP contribution is -2.51. The number of rotatable bonds is 8. The molecule has 1 aliphatic heterocycles. The van der Waals surface area contributed by atoms with Crippen molar-refractivity contribution in [2.75, 3.05) is 45.8 Å². The molecule has 6 nitrogen and oxygen atoms in total. The van der Waals surface area contributed by atoms with Crippen LogP contribution >= 0.6 is 0 Å². The van der Waals surface area contributed by atoms with Crippen LogP contribution in [0, 0.1) is 0 Å². The van der Waals surface area contributed by atoms with Crippen LogP contribution in [0.3, 0.4) is 0 Å². The molecule has 1 aromatic carbocycles. The van der Waals surface area contributed by atoms with Gasteiger partial charge in [-0.3, -0.25) is 19.3 Å². The Morgan fingerprint density at radius 3 is 2.31 bits per heavy atom. The van der Waals surface area contributed by atoms with Crippen LogP contribution in [0.15, 0.2) is 18.2 Å². The number of hydrogen-bond donors (Lipinski definition) is 0. The monoisotopic (exact) mass is 399 g/mol. The Hall–Kier alpha value is -2.21. The number of fused-ring (bicyclic) bond motifs is 1. The second kappa shape index (κ2) is 10.0. The Bertz CT molecular complexity index is 750. The molecule has 0 unspecified atom stereocenters. The molecule has 2 amide bonds. The largest absolute Gasteiger partial charge is 0.342 e. The predicted octanol–water partition coefficient (Wildman–Crippen LogP) is 2.15. The number of amides is 2. The molecular weight excluding hydrogens is 366 g/mol. The van der Waals surface area contributed by atoms with E-state index in [1.807, 2.05) is 35.8 Å². The Kier molecular flexibility index (Phi) is 7.42. The SMILES string of the molecule is CCN(CC)C(=O)CN1CCN(C(=O)CCC(=O)c2ccc3c(c2)CCC3)CC1. The van der Waals surface area contributed by atoms with Crippen molar-refractivity contribution >= 4 is 17.6 Å². The maximum atomic E-state index is 12.5. The first kappa shape index (κ1) is 21.5. The molecule has 0 bridgehead atoms. The average molecular weight is 400 g/mol. The van der Waals surface area contributed by atoms with E-state index >= 15 is 0 Å². The third-order valence-electron chi connectivity index (χ3n) is 6.19. The fourth-order valence-electron chi connectivity index (χ4n) is 4.29. The van der Waals surface area contributed by atoms with Gasteiger partial charge in [0, 0.05) is 57.7 Å². The molecule has 0 atom stereocenters. The molecule has 0 spiro atoms. The lowest BCUT2D eigenvalue weighted by molar-refractivity contribution is -0.135. The molecule has 2 aliphatic rings. The quantitative estimate of drug-likeness (QED) is 0.629. The van der Waals surface area contributed by atoms with Crippen LogP contribution in [-0.2, 0) is 22.4 Å². The van der Waals surface area contributed by atoms with Gasteiger partial charge in [-0.05, 0) is 50.3 Å². The minimum atomic E-state index is 0.0363. The van der Waals surface area contributed by atoms with Gasteiger partial charge in [-0.15, -0.1) is 0 Å². The lowest BCUT2D eigenvalue weighted by atomic mass is 10.0. The first-order chi connectivity index (χ1) is 14.0. The van der Waals surface area contributed by atoms with Crippen LogP contribution in [0.1, 0.15) is 54.6 Å². The van der Waals surface area contributed by atoms with Crippen LogP contribution in [0.4, 0.5) is 0 Å². The van der Waals surface area contributed by atoms with Gasteiger partial charge in [-0.25, -0.2) is 0 Å². The van der Waals surface area contributed by atoms with Crippen molar-refractivity contribution in [1.82, 2.24) is 14.7 Å². The highest BCUT2D eigenvalue weighted by atomic mass is 16.2. The Morgan fingerprint density at radius 2 is 1.62 bits per heavy atom. The van der Waals surface area contributed by atoms with E-state index in [1.165, 1.54) is 11.1 Å². The number of benzene rings is 1. The number of aryl methyl sites for hydroxylation is 2. The number of hydrogen-bond acceptors (Lipinski definition) is 4. The summed E-state index contributed by atoms with van der Waals surface area (Å²) in [5, 5.41) is 0. The van der Waals surface area contributed by atoms with E-state index in [0.29, 0.717) is 32.7 Å². The van der Waals surface area contributed by atoms with Crippen molar-refractivity contribution in [2.45, 2.75) is 46.0 Å². The van der Waals surface area contributed by atoms with Gasteiger partial charge in [0.2, 0.25) is 11.8 Å². The zero-order valence-electron chi connectivity index (χ0n) is 17.8. The first-order valence-corrected chi connectivity index (χ1v) is 10.9. The summed E-state index contributed by atoms with van der Waals surface area (Å²) in [5.74, 6) is 0.237.